The fraction of sp³-hybridized carbons (Fsp3) is 0.364. The number of alkyl halides is 3. The van der Waals surface area contributed by atoms with Crippen LogP contribution in [0, 0.1) is 5.82 Å². The highest BCUT2D eigenvalue weighted by Crippen LogP contribution is 2.24. The minimum Gasteiger partial charge on any atom is -0.406 e. The van der Waals surface area contributed by atoms with E-state index in [4.69, 9.17) is 0 Å². The Morgan fingerprint density at radius 1 is 0.879 bits per heavy atom. The normalized spacial score (nSPS) is 15.2. The molecule has 1 heterocycles. The van der Waals surface area contributed by atoms with Crippen molar-refractivity contribution in [2.45, 2.75) is 12.9 Å². The van der Waals surface area contributed by atoms with E-state index in [0.717, 1.165) is 12.1 Å². The maximum atomic E-state index is 13.6. The molecule has 0 aliphatic carbocycles. The number of halogens is 4. The van der Waals surface area contributed by atoms with Crippen LogP contribution >= 0.6 is 0 Å². The molecule has 3 rings (SSSR count). The minimum absolute atomic E-state index is 0.119. The van der Waals surface area contributed by atoms with Gasteiger partial charge in [-0.3, -0.25) is 19.4 Å². The van der Waals surface area contributed by atoms with Crippen molar-refractivity contribution in [3.8, 4) is 5.75 Å². The van der Waals surface area contributed by atoms with Crippen molar-refractivity contribution in [3.05, 3.63) is 59.9 Å². The van der Waals surface area contributed by atoms with Crippen molar-refractivity contribution in [1.29, 1.82) is 0 Å². The number of benzene rings is 2. The Kier molecular flexibility index (Phi) is 8.23. The zero-order chi connectivity index (χ0) is 23.8. The predicted octanol–water partition coefficient (Wildman–Crippen LogP) is 2.60. The number of nitrogens with zero attached hydrogens (tertiary/aromatic N) is 2. The van der Waals surface area contributed by atoms with Crippen molar-refractivity contribution in [1.82, 2.24) is 15.1 Å². The second-order valence-electron chi connectivity index (χ2n) is 7.54. The highest BCUT2D eigenvalue weighted by Gasteiger charge is 2.31. The predicted molar refractivity (Wildman–Crippen MR) is 113 cm³/mol. The van der Waals surface area contributed by atoms with E-state index in [1.165, 1.54) is 18.2 Å². The van der Waals surface area contributed by atoms with E-state index in [0.29, 0.717) is 37.4 Å². The summed E-state index contributed by atoms with van der Waals surface area (Å²) >= 11 is 0. The van der Waals surface area contributed by atoms with Gasteiger partial charge in [-0.25, -0.2) is 4.39 Å². The lowest BCUT2D eigenvalue weighted by molar-refractivity contribution is -0.274. The third-order valence-corrected chi connectivity index (χ3v) is 5.00. The van der Waals surface area contributed by atoms with E-state index < -0.39 is 6.36 Å². The highest BCUT2D eigenvalue weighted by atomic mass is 19.4. The SMILES string of the molecule is O=C(CN1CCN(CC(=O)Nc2ccc(OC(F)(F)F)cc2)CC1)NCc1ccccc1F. The summed E-state index contributed by atoms with van der Waals surface area (Å²) in [4.78, 5) is 28.2. The van der Waals surface area contributed by atoms with E-state index in [1.807, 2.05) is 9.80 Å². The average molecular weight is 468 g/mol. The number of amides is 2. The van der Waals surface area contributed by atoms with E-state index in [-0.39, 0.29) is 43.0 Å². The van der Waals surface area contributed by atoms with Crippen LogP contribution in [-0.2, 0) is 16.1 Å². The molecule has 0 aromatic heterocycles. The van der Waals surface area contributed by atoms with Crippen molar-refractivity contribution in [3.63, 3.8) is 0 Å². The van der Waals surface area contributed by atoms with Gasteiger partial charge in [0.1, 0.15) is 11.6 Å². The van der Waals surface area contributed by atoms with Gasteiger partial charge >= 0.3 is 6.36 Å². The molecule has 0 saturated carbocycles. The molecule has 2 aromatic carbocycles. The molecule has 7 nitrogen and oxygen atoms in total. The van der Waals surface area contributed by atoms with Gasteiger partial charge in [0, 0.05) is 44.0 Å². The number of carbonyl (C=O) groups excluding carboxylic acids is 2. The third-order valence-electron chi connectivity index (χ3n) is 5.00. The number of nitrogens with one attached hydrogen (secondary N) is 2. The van der Waals surface area contributed by atoms with Gasteiger partial charge in [0.25, 0.3) is 0 Å². The van der Waals surface area contributed by atoms with Crippen LogP contribution in [0.3, 0.4) is 0 Å². The van der Waals surface area contributed by atoms with E-state index >= 15 is 0 Å². The van der Waals surface area contributed by atoms with Crippen molar-refractivity contribution in [2.75, 3.05) is 44.6 Å². The quantitative estimate of drug-likeness (QED) is 0.583. The van der Waals surface area contributed by atoms with Gasteiger partial charge in [-0.05, 0) is 30.3 Å². The summed E-state index contributed by atoms with van der Waals surface area (Å²) in [5.41, 5.74) is 0.781. The Bertz CT molecular complexity index is 945. The Balaban J connectivity index is 1.35. The summed E-state index contributed by atoms with van der Waals surface area (Å²) in [6, 6.07) is 11.2. The Morgan fingerprint density at radius 3 is 2.03 bits per heavy atom. The summed E-state index contributed by atoms with van der Waals surface area (Å²) < 4.78 is 54.0. The molecule has 0 bridgehead atoms. The van der Waals surface area contributed by atoms with E-state index in [9.17, 15) is 27.2 Å². The summed E-state index contributed by atoms with van der Waals surface area (Å²) in [6.45, 7) is 2.75. The minimum atomic E-state index is -4.77. The summed E-state index contributed by atoms with van der Waals surface area (Å²) in [5, 5.41) is 5.34. The summed E-state index contributed by atoms with van der Waals surface area (Å²) in [7, 11) is 0. The molecule has 0 radical (unpaired) electrons. The fourth-order valence-corrected chi connectivity index (χ4v) is 3.34. The third kappa shape index (κ3) is 8.35. The van der Waals surface area contributed by atoms with Gasteiger partial charge < -0.3 is 15.4 Å². The molecule has 1 aliphatic rings. The largest absolute Gasteiger partial charge is 0.573 e. The van der Waals surface area contributed by atoms with Crippen LogP contribution in [0.25, 0.3) is 0 Å². The fourth-order valence-electron chi connectivity index (χ4n) is 3.34. The zero-order valence-corrected chi connectivity index (χ0v) is 17.7. The highest BCUT2D eigenvalue weighted by molar-refractivity contribution is 5.92. The first-order valence-electron chi connectivity index (χ1n) is 10.3. The standard InChI is InChI=1S/C22H24F4N4O3/c23-19-4-2-1-3-16(19)13-27-20(31)14-29-9-11-30(12-10-29)15-21(32)28-17-5-7-18(8-6-17)33-22(24,25)26/h1-8H,9-15H2,(H,27,31)(H,28,32). The molecule has 2 amide bonds. The lowest BCUT2D eigenvalue weighted by Crippen LogP contribution is -2.50. The molecular formula is C22H24F4N4O3. The first kappa shape index (κ1) is 24.5. The van der Waals surface area contributed by atoms with Gasteiger partial charge in [-0.2, -0.15) is 0 Å². The first-order chi connectivity index (χ1) is 15.7. The maximum Gasteiger partial charge on any atom is 0.573 e. The second kappa shape index (κ2) is 11.1. The van der Waals surface area contributed by atoms with Crippen LogP contribution < -0.4 is 15.4 Å². The molecule has 2 N–H and O–H groups in total. The molecule has 0 atom stereocenters. The van der Waals surface area contributed by atoms with Gasteiger partial charge in [-0.1, -0.05) is 18.2 Å². The Morgan fingerprint density at radius 2 is 1.45 bits per heavy atom. The lowest BCUT2D eigenvalue weighted by Gasteiger charge is -2.33. The van der Waals surface area contributed by atoms with E-state index in [2.05, 4.69) is 15.4 Å². The van der Waals surface area contributed by atoms with Crippen LogP contribution in [-0.4, -0.2) is 67.2 Å². The lowest BCUT2D eigenvalue weighted by atomic mass is 10.2. The molecule has 0 unspecified atom stereocenters. The molecule has 1 saturated heterocycles. The number of piperazine rings is 1. The van der Waals surface area contributed by atoms with Crippen molar-refractivity contribution in [2.24, 2.45) is 0 Å². The van der Waals surface area contributed by atoms with Crippen LogP contribution in [0.2, 0.25) is 0 Å². The molecule has 2 aromatic rings. The zero-order valence-electron chi connectivity index (χ0n) is 17.7. The van der Waals surface area contributed by atoms with Crippen molar-refractivity contribution >= 4 is 17.5 Å². The van der Waals surface area contributed by atoms with Gasteiger partial charge in [0.2, 0.25) is 11.8 Å². The van der Waals surface area contributed by atoms with Crippen LogP contribution in [0.1, 0.15) is 5.56 Å². The molecule has 1 aliphatic heterocycles. The van der Waals surface area contributed by atoms with Gasteiger partial charge in [0.05, 0.1) is 13.1 Å². The van der Waals surface area contributed by atoms with Gasteiger partial charge in [0.15, 0.2) is 0 Å². The van der Waals surface area contributed by atoms with E-state index in [1.54, 1.807) is 18.2 Å². The van der Waals surface area contributed by atoms with Crippen molar-refractivity contribution < 1.29 is 31.9 Å². The van der Waals surface area contributed by atoms with Crippen LogP contribution in [0.4, 0.5) is 23.2 Å². The average Bonchev–Trinajstić information content (AvgIpc) is 2.75. The van der Waals surface area contributed by atoms with Crippen LogP contribution in [0.5, 0.6) is 5.75 Å². The number of carbonyl (C=O) groups is 2. The monoisotopic (exact) mass is 468 g/mol. The Hall–Kier alpha value is -3.18. The number of anilines is 1. The topological polar surface area (TPSA) is 73.9 Å². The first-order valence-corrected chi connectivity index (χ1v) is 10.3. The molecule has 33 heavy (non-hydrogen) atoms. The number of ether oxygens (including phenoxy) is 1. The Labute approximate surface area is 188 Å². The van der Waals surface area contributed by atoms with Crippen LogP contribution in [0.15, 0.2) is 48.5 Å². The maximum absolute atomic E-state index is 13.6. The number of rotatable bonds is 8. The molecule has 178 valence electrons. The summed E-state index contributed by atoms with van der Waals surface area (Å²) in [5.74, 6) is -1.23. The van der Waals surface area contributed by atoms with Gasteiger partial charge in [-0.15, -0.1) is 13.2 Å². The molecule has 11 heteroatoms. The second-order valence-corrected chi connectivity index (χ2v) is 7.54. The molecular weight excluding hydrogens is 444 g/mol. The molecule has 1 fully saturated rings. The summed E-state index contributed by atoms with van der Waals surface area (Å²) in [6.07, 6.45) is -4.77. The number of hydrogen-bond donors (Lipinski definition) is 2. The number of hydrogen-bond acceptors (Lipinski definition) is 5. The molecule has 0 spiro atoms. The smallest absolute Gasteiger partial charge is 0.406 e.